The van der Waals surface area contributed by atoms with Crippen LogP contribution in [0.5, 0.6) is 0 Å². The van der Waals surface area contributed by atoms with E-state index >= 15 is 0 Å². The smallest absolute Gasteiger partial charge is 0.416 e. The Hall–Kier alpha value is -1.75. The zero-order chi connectivity index (χ0) is 23.0. The van der Waals surface area contributed by atoms with Gasteiger partial charge in [-0.25, -0.2) is 4.79 Å². The molecule has 5 aliphatic rings. The molecule has 0 N–H and O–H groups in total. The number of allylic oxidation sites excluding steroid dienone is 1. The lowest BCUT2D eigenvalue weighted by atomic mass is 9.47. The lowest BCUT2D eigenvalue weighted by molar-refractivity contribution is -0.0485. The highest BCUT2D eigenvalue weighted by atomic mass is 16.6. The predicted molar refractivity (Wildman–Crippen MR) is 129 cm³/mol. The number of anilines is 1. The third-order valence-electron chi connectivity index (χ3n) is 11.0. The predicted octanol–water partition coefficient (Wildman–Crippen LogP) is 6.11. The summed E-state index contributed by atoms with van der Waals surface area (Å²) in [5.74, 6) is 3.99. The number of likely N-dealkylation sites (tertiary alicyclic amines) is 1. The van der Waals surface area contributed by atoms with Gasteiger partial charge in [0.2, 0.25) is 5.88 Å². The fraction of sp³-hybridized carbons (Fsp3) is 0.750. The number of amides is 1. The third-order valence-corrected chi connectivity index (χ3v) is 11.0. The summed E-state index contributed by atoms with van der Waals surface area (Å²) in [6.07, 6.45) is 13.8. The van der Waals surface area contributed by atoms with Crippen molar-refractivity contribution in [3.63, 3.8) is 0 Å². The lowest BCUT2D eigenvalue weighted by Gasteiger charge is -2.58. The van der Waals surface area contributed by atoms with Crippen LogP contribution in [0, 0.1) is 34.5 Å². The summed E-state index contributed by atoms with van der Waals surface area (Å²) in [6, 6.07) is 4.33. The van der Waals surface area contributed by atoms with Crippen LogP contribution < -0.4 is 4.90 Å². The van der Waals surface area contributed by atoms with Crippen molar-refractivity contribution in [2.75, 3.05) is 25.5 Å². The van der Waals surface area contributed by atoms with E-state index in [9.17, 15) is 4.79 Å². The van der Waals surface area contributed by atoms with E-state index in [0.717, 1.165) is 49.0 Å². The Bertz CT molecular complexity index is 941. The first-order chi connectivity index (χ1) is 15.8. The van der Waals surface area contributed by atoms with Crippen LogP contribution in [0.15, 0.2) is 34.5 Å². The van der Waals surface area contributed by atoms with Crippen molar-refractivity contribution in [3.05, 3.63) is 30.0 Å². The fourth-order valence-electron chi connectivity index (χ4n) is 9.30. The molecule has 0 bridgehead atoms. The molecule has 33 heavy (non-hydrogen) atoms. The molecule has 5 nitrogen and oxygen atoms in total. The van der Waals surface area contributed by atoms with Gasteiger partial charge in [-0.2, -0.15) is 0 Å². The van der Waals surface area contributed by atoms with Crippen molar-refractivity contribution in [1.82, 2.24) is 4.90 Å². The van der Waals surface area contributed by atoms with Crippen LogP contribution in [0.2, 0.25) is 0 Å². The van der Waals surface area contributed by atoms with Gasteiger partial charge in [-0.3, -0.25) is 4.90 Å². The molecular weight excluding hydrogens is 412 g/mol. The van der Waals surface area contributed by atoms with Gasteiger partial charge in [0.05, 0.1) is 6.26 Å². The van der Waals surface area contributed by atoms with E-state index in [1.165, 1.54) is 43.5 Å². The van der Waals surface area contributed by atoms with E-state index in [0.29, 0.717) is 11.3 Å². The minimum Gasteiger partial charge on any atom is -0.448 e. The van der Waals surface area contributed by atoms with E-state index in [2.05, 4.69) is 31.9 Å². The monoisotopic (exact) mass is 452 g/mol. The lowest BCUT2D eigenvalue weighted by Crippen LogP contribution is -2.52. The van der Waals surface area contributed by atoms with Crippen molar-refractivity contribution in [2.24, 2.45) is 34.5 Å². The summed E-state index contributed by atoms with van der Waals surface area (Å²) < 4.78 is 11.3. The molecule has 4 fully saturated rings. The molecule has 3 saturated carbocycles. The van der Waals surface area contributed by atoms with Crippen molar-refractivity contribution in [3.8, 4) is 0 Å². The molecule has 4 aliphatic carbocycles. The standard InChI is InChI=1S/C28H40N2O3/c1-18-22-9-10-24-21-8-7-19-16-20(33-26(31)30(4)25-6-5-15-32-25)11-13-27(19,2)23(21)12-14-28(22,24)17-29(18)3/h5-7,15,18,20-24H,8-14,16-17H2,1-4H3. The number of nitrogens with zero attached hydrogens (tertiary/aromatic N) is 2. The zero-order valence-corrected chi connectivity index (χ0v) is 20.8. The first-order valence-corrected chi connectivity index (χ1v) is 13.2. The topological polar surface area (TPSA) is 45.9 Å². The van der Waals surface area contributed by atoms with Gasteiger partial charge < -0.3 is 14.1 Å². The first-order valence-electron chi connectivity index (χ1n) is 13.2. The van der Waals surface area contributed by atoms with Crippen molar-refractivity contribution >= 4 is 12.0 Å². The second kappa shape index (κ2) is 7.63. The van der Waals surface area contributed by atoms with Crippen molar-refractivity contribution in [1.29, 1.82) is 0 Å². The van der Waals surface area contributed by atoms with E-state index in [1.807, 2.05) is 0 Å². The maximum Gasteiger partial charge on any atom is 0.416 e. The second-order valence-corrected chi connectivity index (χ2v) is 12.1. The molecule has 1 aromatic rings. The number of hydrogen-bond acceptors (Lipinski definition) is 4. The van der Waals surface area contributed by atoms with Crippen LogP contribution in [0.4, 0.5) is 10.7 Å². The Kier molecular flexibility index (Phi) is 5.03. The highest BCUT2D eigenvalue weighted by molar-refractivity contribution is 5.85. The Balaban J connectivity index is 1.18. The van der Waals surface area contributed by atoms with Gasteiger partial charge in [-0.15, -0.1) is 0 Å². The van der Waals surface area contributed by atoms with Crippen LogP contribution in [-0.4, -0.2) is 43.8 Å². The van der Waals surface area contributed by atoms with E-state index in [-0.39, 0.29) is 17.6 Å². The third kappa shape index (κ3) is 3.10. The molecule has 180 valence electrons. The number of rotatable bonds is 2. The minimum atomic E-state index is -0.316. The Morgan fingerprint density at radius 1 is 1.18 bits per heavy atom. The first kappa shape index (κ1) is 21.8. The van der Waals surface area contributed by atoms with Crippen LogP contribution >= 0.6 is 0 Å². The van der Waals surface area contributed by atoms with Gasteiger partial charge in [-0.05, 0) is 99.5 Å². The summed E-state index contributed by atoms with van der Waals surface area (Å²) >= 11 is 0. The summed E-state index contributed by atoms with van der Waals surface area (Å²) in [4.78, 5) is 16.8. The number of carbonyl (C=O) groups excluding carboxylic acids is 1. The number of hydrogen-bond donors (Lipinski definition) is 0. The molecule has 2 heterocycles. The average molecular weight is 453 g/mol. The van der Waals surface area contributed by atoms with Crippen LogP contribution in [0.1, 0.15) is 65.2 Å². The largest absolute Gasteiger partial charge is 0.448 e. The molecule has 0 radical (unpaired) electrons. The van der Waals surface area contributed by atoms with Crippen LogP contribution in [-0.2, 0) is 4.74 Å². The quantitative estimate of drug-likeness (QED) is 0.508. The summed E-state index contributed by atoms with van der Waals surface area (Å²) in [7, 11) is 4.07. The second-order valence-electron chi connectivity index (χ2n) is 12.1. The summed E-state index contributed by atoms with van der Waals surface area (Å²) in [5.41, 5.74) is 2.44. The Morgan fingerprint density at radius 2 is 2.00 bits per heavy atom. The number of ether oxygens (including phenoxy) is 1. The molecule has 1 spiro atoms. The molecule has 8 atom stereocenters. The van der Waals surface area contributed by atoms with Crippen LogP contribution in [0.3, 0.4) is 0 Å². The molecule has 0 aromatic carbocycles. The Morgan fingerprint density at radius 3 is 2.79 bits per heavy atom. The molecule has 1 saturated heterocycles. The van der Waals surface area contributed by atoms with Gasteiger partial charge in [0.1, 0.15) is 6.10 Å². The molecule has 1 aliphatic heterocycles. The maximum atomic E-state index is 12.7. The van der Waals surface area contributed by atoms with Gasteiger partial charge in [0, 0.05) is 32.1 Å². The van der Waals surface area contributed by atoms with Crippen molar-refractivity contribution in [2.45, 2.75) is 77.4 Å². The van der Waals surface area contributed by atoms with Gasteiger partial charge in [0.15, 0.2) is 0 Å². The van der Waals surface area contributed by atoms with E-state index in [1.54, 1.807) is 31.0 Å². The van der Waals surface area contributed by atoms with Crippen molar-refractivity contribution < 1.29 is 13.9 Å². The SMILES string of the molecule is CC1C2CCC3C4CC=C5CC(OC(=O)N(C)c6ccco6)CCC5(C)C4CCC32CN1C. The molecule has 6 rings (SSSR count). The summed E-state index contributed by atoms with van der Waals surface area (Å²) in [5, 5.41) is 0. The van der Waals surface area contributed by atoms with E-state index in [4.69, 9.17) is 9.15 Å². The number of furan rings is 1. The summed E-state index contributed by atoms with van der Waals surface area (Å²) in [6.45, 7) is 6.33. The van der Waals surface area contributed by atoms with Crippen LogP contribution in [0.25, 0.3) is 0 Å². The molecule has 8 unspecified atom stereocenters. The van der Waals surface area contributed by atoms with Gasteiger partial charge in [-0.1, -0.05) is 18.6 Å². The average Bonchev–Trinajstić information content (AvgIpc) is 3.50. The van der Waals surface area contributed by atoms with E-state index < -0.39 is 0 Å². The molecule has 1 amide bonds. The molecule has 1 aromatic heterocycles. The molecular formula is C28H40N2O3. The fourth-order valence-corrected chi connectivity index (χ4v) is 9.30. The molecule has 5 heteroatoms. The number of fused-ring (bicyclic) bond motifs is 4. The zero-order valence-electron chi connectivity index (χ0n) is 20.8. The maximum absolute atomic E-state index is 12.7. The number of carbonyl (C=O) groups is 1. The van der Waals surface area contributed by atoms with Gasteiger partial charge in [0.25, 0.3) is 0 Å². The highest BCUT2D eigenvalue weighted by Crippen LogP contribution is 2.68. The highest BCUT2D eigenvalue weighted by Gasteiger charge is 2.64. The Labute approximate surface area is 198 Å². The normalized spacial score (nSPS) is 44.3. The van der Waals surface area contributed by atoms with Gasteiger partial charge >= 0.3 is 6.09 Å². The minimum absolute atomic E-state index is 0.0269.